The number of nitrogens with zero attached hydrogens (tertiary/aromatic N) is 1. The summed E-state index contributed by atoms with van der Waals surface area (Å²) >= 11 is 0. The second-order valence-corrected chi connectivity index (χ2v) is 11.0. The predicted octanol–water partition coefficient (Wildman–Crippen LogP) is 2.92. The Bertz CT molecular complexity index is 724. The molecule has 0 aromatic carbocycles. The van der Waals surface area contributed by atoms with Gasteiger partial charge in [-0.05, 0) is 44.9 Å². The number of β-amino-alcohol motifs (C(OH)–C–C–N with tert-alkyl or cyclic N) is 1. The highest BCUT2D eigenvalue weighted by atomic mass is 16.5. The van der Waals surface area contributed by atoms with Crippen molar-refractivity contribution in [3.63, 3.8) is 0 Å². The maximum Gasteiger partial charge on any atom is 0.310 e. The minimum absolute atomic E-state index is 0.0166. The number of aliphatic hydroxyl groups excluding tert-OH is 1. The first-order valence-electron chi connectivity index (χ1n) is 11.9. The molecule has 0 spiro atoms. The molecule has 0 bridgehead atoms. The maximum atomic E-state index is 13.5. The third-order valence-electron chi connectivity index (χ3n) is 6.34. The zero-order valence-electron chi connectivity index (χ0n) is 20.8. The maximum absolute atomic E-state index is 13.5. The molecule has 1 aliphatic carbocycles. The summed E-state index contributed by atoms with van der Waals surface area (Å²) in [5.74, 6) is -2.66. The van der Waals surface area contributed by atoms with Crippen molar-refractivity contribution < 1.29 is 24.2 Å². The molecule has 5 atom stereocenters. The van der Waals surface area contributed by atoms with Crippen LogP contribution < -0.4 is 5.32 Å². The first kappa shape index (κ1) is 26.4. The fourth-order valence-electron chi connectivity index (χ4n) is 5.79. The minimum atomic E-state index is -0.755. The molecule has 0 unspecified atom stereocenters. The molecule has 7 heteroatoms. The first-order chi connectivity index (χ1) is 14.9. The highest BCUT2D eigenvalue weighted by Gasteiger charge is 2.57. The van der Waals surface area contributed by atoms with Gasteiger partial charge in [-0.1, -0.05) is 46.3 Å². The number of carbonyl (C=O) groups excluding carboxylic acids is 3. The van der Waals surface area contributed by atoms with Crippen LogP contribution in [0.25, 0.3) is 0 Å². The predicted molar refractivity (Wildman–Crippen MR) is 124 cm³/mol. The van der Waals surface area contributed by atoms with Gasteiger partial charge in [0.25, 0.3) is 0 Å². The van der Waals surface area contributed by atoms with Gasteiger partial charge in [0.1, 0.15) is 6.04 Å². The van der Waals surface area contributed by atoms with E-state index in [1.165, 1.54) is 4.90 Å². The van der Waals surface area contributed by atoms with Gasteiger partial charge in [0, 0.05) is 18.0 Å². The van der Waals surface area contributed by atoms with E-state index in [9.17, 15) is 19.5 Å². The Balaban J connectivity index is 2.41. The summed E-state index contributed by atoms with van der Waals surface area (Å²) in [5.41, 5.74) is -0.451. The largest absolute Gasteiger partial charge is 0.466 e. The number of amides is 2. The summed E-state index contributed by atoms with van der Waals surface area (Å²) in [7, 11) is 0. The second-order valence-electron chi connectivity index (χ2n) is 11.0. The SMILES string of the molecule is CCC[C@@H]1C=C[C@H]2[C@@H](C(=O)N(CCO)[C@@H]2C(=O)NC(C)(C)CC(C)(C)C)[C@@H]1C(=O)OCC. The Morgan fingerprint density at radius 2 is 1.81 bits per heavy atom. The molecular formula is C25H42N2O5. The first-order valence-corrected chi connectivity index (χ1v) is 11.9. The van der Waals surface area contributed by atoms with E-state index >= 15 is 0 Å². The lowest BCUT2D eigenvalue weighted by atomic mass is 9.68. The highest BCUT2D eigenvalue weighted by molar-refractivity contribution is 5.96. The molecule has 1 aliphatic heterocycles. The normalized spacial score (nSPS) is 27.9. The van der Waals surface area contributed by atoms with Crippen molar-refractivity contribution in [3.05, 3.63) is 12.2 Å². The van der Waals surface area contributed by atoms with Crippen LogP contribution >= 0.6 is 0 Å². The minimum Gasteiger partial charge on any atom is -0.466 e. The summed E-state index contributed by atoms with van der Waals surface area (Å²) in [4.78, 5) is 41.4. The number of likely N-dealkylation sites (tertiary alicyclic amines) is 1. The van der Waals surface area contributed by atoms with Crippen LogP contribution in [0.4, 0.5) is 0 Å². The van der Waals surface area contributed by atoms with E-state index in [2.05, 4.69) is 26.1 Å². The molecule has 1 fully saturated rings. The number of esters is 1. The lowest BCUT2D eigenvalue weighted by Crippen LogP contribution is -2.54. The van der Waals surface area contributed by atoms with E-state index in [0.717, 1.165) is 19.3 Å². The number of hydrogen-bond donors (Lipinski definition) is 2. The Hall–Kier alpha value is -1.89. The van der Waals surface area contributed by atoms with E-state index in [1.54, 1.807) is 6.92 Å². The topological polar surface area (TPSA) is 95.9 Å². The van der Waals surface area contributed by atoms with Crippen molar-refractivity contribution in [2.45, 2.75) is 79.3 Å². The van der Waals surface area contributed by atoms with E-state index in [-0.39, 0.29) is 48.9 Å². The van der Waals surface area contributed by atoms with Crippen LogP contribution in [0.1, 0.15) is 67.7 Å². The van der Waals surface area contributed by atoms with E-state index in [4.69, 9.17) is 4.74 Å². The van der Waals surface area contributed by atoms with Crippen molar-refractivity contribution in [2.75, 3.05) is 19.8 Å². The molecule has 1 heterocycles. The second kappa shape index (κ2) is 10.4. The van der Waals surface area contributed by atoms with E-state index < -0.39 is 29.3 Å². The number of rotatable bonds is 9. The van der Waals surface area contributed by atoms with Gasteiger partial charge in [0.05, 0.1) is 25.0 Å². The zero-order chi connectivity index (χ0) is 24.3. The number of nitrogens with one attached hydrogen (secondary N) is 1. The van der Waals surface area contributed by atoms with Crippen molar-refractivity contribution in [3.8, 4) is 0 Å². The van der Waals surface area contributed by atoms with E-state index in [1.807, 2.05) is 32.9 Å². The molecule has 2 rings (SSSR count). The average molecular weight is 451 g/mol. The third-order valence-corrected chi connectivity index (χ3v) is 6.34. The summed E-state index contributed by atoms with van der Waals surface area (Å²) in [5, 5.41) is 12.8. The number of allylic oxidation sites excluding steroid dienone is 1. The van der Waals surface area contributed by atoms with Gasteiger partial charge in [-0.3, -0.25) is 14.4 Å². The quantitative estimate of drug-likeness (QED) is 0.416. The van der Waals surface area contributed by atoms with Gasteiger partial charge < -0.3 is 20.1 Å². The van der Waals surface area contributed by atoms with Crippen LogP contribution in [0, 0.1) is 29.1 Å². The van der Waals surface area contributed by atoms with Crippen LogP contribution in [0.2, 0.25) is 0 Å². The molecule has 0 aromatic rings. The molecule has 2 aliphatic rings. The van der Waals surface area contributed by atoms with Gasteiger partial charge in [-0.15, -0.1) is 0 Å². The van der Waals surface area contributed by atoms with Crippen LogP contribution in [-0.4, -0.2) is 59.1 Å². The lowest BCUT2D eigenvalue weighted by Gasteiger charge is -2.37. The van der Waals surface area contributed by atoms with Crippen molar-refractivity contribution in [2.24, 2.45) is 29.1 Å². The fourth-order valence-corrected chi connectivity index (χ4v) is 5.79. The Kier molecular flexibility index (Phi) is 8.54. The molecule has 0 aromatic heterocycles. The standard InChI is InChI=1S/C25H42N2O5/c1-8-10-16-11-12-17-19(18(16)23(31)32-9-2)22(30)27(13-14-28)20(17)21(29)26-25(6,7)15-24(3,4)5/h11-12,16-20,28H,8-10,13-15H2,1-7H3,(H,26,29)/t16-,17+,18-,19-,20+/m1/s1. The van der Waals surface area contributed by atoms with Crippen molar-refractivity contribution >= 4 is 17.8 Å². The Morgan fingerprint density at radius 1 is 1.16 bits per heavy atom. The van der Waals surface area contributed by atoms with Crippen LogP contribution in [0.15, 0.2) is 12.2 Å². The molecule has 2 amide bonds. The van der Waals surface area contributed by atoms with Crippen LogP contribution in [-0.2, 0) is 19.1 Å². The van der Waals surface area contributed by atoms with Crippen LogP contribution in [0.3, 0.4) is 0 Å². The number of ether oxygens (including phenoxy) is 1. The molecule has 7 nitrogen and oxygen atoms in total. The van der Waals surface area contributed by atoms with E-state index in [0.29, 0.717) is 0 Å². The smallest absolute Gasteiger partial charge is 0.310 e. The van der Waals surface area contributed by atoms with Gasteiger partial charge in [-0.2, -0.15) is 0 Å². The molecular weight excluding hydrogens is 408 g/mol. The zero-order valence-corrected chi connectivity index (χ0v) is 20.8. The Labute approximate surface area is 192 Å². The van der Waals surface area contributed by atoms with Gasteiger partial charge in [-0.25, -0.2) is 0 Å². The van der Waals surface area contributed by atoms with Gasteiger partial charge in [0.15, 0.2) is 0 Å². The summed E-state index contributed by atoms with van der Waals surface area (Å²) in [6.07, 6.45) is 6.34. The third kappa shape index (κ3) is 5.91. The van der Waals surface area contributed by atoms with Crippen molar-refractivity contribution in [1.29, 1.82) is 0 Å². The number of aliphatic hydroxyl groups is 1. The summed E-state index contributed by atoms with van der Waals surface area (Å²) < 4.78 is 5.35. The number of hydrogen-bond acceptors (Lipinski definition) is 5. The summed E-state index contributed by atoms with van der Waals surface area (Å²) in [6.45, 7) is 14.2. The molecule has 2 N–H and O–H groups in total. The Morgan fingerprint density at radius 3 is 2.34 bits per heavy atom. The van der Waals surface area contributed by atoms with Crippen molar-refractivity contribution in [1.82, 2.24) is 10.2 Å². The highest BCUT2D eigenvalue weighted by Crippen LogP contribution is 2.45. The molecule has 1 saturated heterocycles. The van der Waals surface area contributed by atoms with Crippen LogP contribution in [0.5, 0.6) is 0 Å². The van der Waals surface area contributed by atoms with Gasteiger partial charge >= 0.3 is 5.97 Å². The molecule has 0 radical (unpaired) electrons. The summed E-state index contributed by atoms with van der Waals surface area (Å²) in [6, 6.07) is -0.755. The number of fused-ring (bicyclic) bond motifs is 1. The molecule has 32 heavy (non-hydrogen) atoms. The monoisotopic (exact) mass is 450 g/mol. The van der Waals surface area contributed by atoms with Gasteiger partial charge in [0.2, 0.25) is 11.8 Å². The molecule has 182 valence electrons. The number of carbonyl (C=O) groups is 3. The fraction of sp³-hybridized carbons (Fsp3) is 0.800. The lowest BCUT2D eigenvalue weighted by molar-refractivity contribution is -0.155. The molecule has 0 saturated carbocycles. The average Bonchev–Trinajstić information content (AvgIpc) is 2.92.